The minimum Gasteiger partial charge on any atom is -0.486 e. The molecule has 0 radical (unpaired) electrons. The zero-order chi connectivity index (χ0) is 29.5. The molecule has 0 spiro atoms. The van der Waals surface area contributed by atoms with Gasteiger partial charge in [-0.3, -0.25) is 14.3 Å². The molecule has 0 aliphatic rings. The summed E-state index contributed by atoms with van der Waals surface area (Å²) < 4.78 is 55.2. The Balaban J connectivity index is 1.54. The number of fused-ring (bicyclic) bond motifs is 1. The molecule has 4 aromatic heterocycles. The number of amides is 2. The zero-order valence-corrected chi connectivity index (χ0v) is 23.9. The van der Waals surface area contributed by atoms with Crippen molar-refractivity contribution in [3.05, 3.63) is 80.9 Å². The molecule has 14 heteroatoms. The van der Waals surface area contributed by atoms with Gasteiger partial charge in [-0.25, -0.2) is 4.98 Å². The van der Waals surface area contributed by atoms with Crippen molar-refractivity contribution in [1.82, 2.24) is 14.8 Å². The van der Waals surface area contributed by atoms with Crippen molar-refractivity contribution in [3.63, 3.8) is 0 Å². The predicted octanol–water partition coefficient (Wildman–Crippen LogP) is 6.79. The Bertz CT molecular complexity index is 1780. The van der Waals surface area contributed by atoms with Crippen molar-refractivity contribution in [3.8, 4) is 16.9 Å². The van der Waals surface area contributed by atoms with Crippen LogP contribution in [-0.4, -0.2) is 26.6 Å². The Morgan fingerprint density at radius 1 is 1.17 bits per heavy atom. The fraction of sp³-hybridized carbons (Fsp3) is 0.185. The molecule has 1 aromatic carbocycles. The molecule has 5 aromatic rings. The molecule has 0 fully saturated rings. The number of alkyl halides is 3. The van der Waals surface area contributed by atoms with E-state index in [1.54, 1.807) is 29.8 Å². The van der Waals surface area contributed by atoms with Gasteiger partial charge in [-0.2, -0.15) is 18.3 Å². The first-order valence-corrected chi connectivity index (χ1v) is 13.7. The van der Waals surface area contributed by atoms with Crippen molar-refractivity contribution in [1.29, 1.82) is 0 Å². The number of benzene rings is 1. The molecule has 0 bridgehead atoms. The minimum absolute atomic E-state index is 0.0395. The number of carbonyl (C=O) groups is 2. The number of thiophene rings is 1. The van der Waals surface area contributed by atoms with E-state index in [2.05, 4.69) is 31.3 Å². The summed E-state index contributed by atoms with van der Waals surface area (Å²) in [6.07, 6.45) is -3.33. The standard InChI is InChI=1S/C27H21BrF3N5O4S/c1-3-36-13(2)18(11-33-36)17-10-20(27(29,30)31)34-26-21(17)22(23(41-26)24(32)37)35-25(38)19-9-8-16(40-19)12-39-15-6-4-14(28)5-7-15/h4-11H,3,12H2,1-2H3,(H2,32,37)(H,35,38). The van der Waals surface area contributed by atoms with E-state index >= 15 is 0 Å². The molecule has 4 heterocycles. The van der Waals surface area contributed by atoms with E-state index in [4.69, 9.17) is 14.9 Å². The highest BCUT2D eigenvalue weighted by Crippen LogP contribution is 2.44. The van der Waals surface area contributed by atoms with E-state index in [0.29, 0.717) is 40.6 Å². The summed E-state index contributed by atoms with van der Waals surface area (Å²) in [6, 6.07) is 11.0. The number of nitrogens with one attached hydrogen (secondary N) is 1. The number of nitrogens with two attached hydrogens (primary N) is 1. The largest absolute Gasteiger partial charge is 0.486 e. The molecule has 2 amide bonds. The quantitative estimate of drug-likeness (QED) is 0.191. The smallest absolute Gasteiger partial charge is 0.433 e. The maximum Gasteiger partial charge on any atom is 0.433 e. The second-order valence-corrected chi connectivity index (χ2v) is 10.7. The molecule has 0 atom stereocenters. The highest BCUT2D eigenvalue weighted by Gasteiger charge is 2.35. The molecular formula is C27H21BrF3N5O4S. The van der Waals surface area contributed by atoms with E-state index in [9.17, 15) is 22.8 Å². The van der Waals surface area contributed by atoms with E-state index in [-0.39, 0.29) is 38.7 Å². The van der Waals surface area contributed by atoms with Gasteiger partial charge in [0.05, 0.1) is 11.9 Å². The molecule has 0 unspecified atom stereocenters. The van der Waals surface area contributed by atoms with Crippen LogP contribution in [0, 0.1) is 6.92 Å². The second kappa shape index (κ2) is 11.0. The number of rotatable bonds is 8. The maximum atomic E-state index is 13.8. The monoisotopic (exact) mass is 647 g/mol. The van der Waals surface area contributed by atoms with Crippen molar-refractivity contribution >= 4 is 55.0 Å². The summed E-state index contributed by atoms with van der Waals surface area (Å²) in [4.78, 5) is 29.1. The Morgan fingerprint density at radius 3 is 2.54 bits per heavy atom. The number of halogens is 4. The molecule has 41 heavy (non-hydrogen) atoms. The van der Waals surface area contributed by atoms with Gasteiger partial charge in [-0.1, -0.05) is 15.9 Å². The van der Waals surface area contributed by atoms with E-state index in [1.807, 2.05) is 19.1 Å². The number of hydrogen-bond donors (Lipinski definition) is 2. The van der Waals surface area contributed by atoms with Gasteiger partial charge in [0.15, 0.2) is 5.76 Å². The van der Waals surface area contributed by atoms with Gasteiger partial charge in [0, 0.05) is 27.7 Å². The molecule has 0 aliphatic carbocycles. The molecule has 3 N–H and O–H groups in total. The first kappa shape index (κ1) is 28.4. The van der Waals surface area contributed by atoms with E-state index < -0.39 is 23.7 Å². The molecule has 5 rings (SSSR count). The number of hydrogen-bond acceptors (Lipinski definition) is 7. The van der Waals surface area contributed by atoms with Crippen molar-refractivity contribution in [2.75, 3.05) is 5.32 Å². The van der Waals surface area contributed by atoms with Crippen LogP contribution in [0.15, 0.2) is 57.6 Å². The zero-order valence-electron chi connectivity index (χ0n) is 21.5. The Morgan fingerprint density at radius 2 is 1.90 bits per heavy atom. The molecule has 9 nitrogen and oxygen atoms in total. The van der Waals surface area contributed by atoms with Gasteiger partial charge in [-0.05, 0) is 61.9 Å². The van der Waals surface area contributed by atoms with Crippen molar-refractivity contribution in [2.24, 2.45) is 5.73 Å². The van der Waals surface area contributed by atoms with Gasteiger partial charge in [0.1, 0.15) is 33.5 Å². The van der Waals surface area contributed by atoms with Crippen LogP contribution in [0.1, 0.15) is 44.3 Å². The molecule has 0 aliphatic heterocycles. The number of carbonyl (C=O) groups excluding carboxylic acids is 2. The molecule has 0 saturated carbocycles. The normalized spacial score (nSPS) is 11.7. The lowest BCUT2D eigenvalue weighted by Gasteiger charge is -2.12. The highest BCUT2D eigenvalue weighted by molar-refractivity contribution is 9.10. The summed E-state index contributed by atoms with van der Waals surface area (Å²) in [5.74, 6) is -0.846. The molecule has 0 saturated heterocycles. The summed E-state index contributed by atoms with van der Waals surface area (Å²) in [7, 11) is 0. The Kier molecular flexibility index (Phi) is 7.62. The fourth-order valence-electron chi connectivity index (χ4n) is 4.22. The average molecular weight is 648 g/mol. The number of primary amides is 1. The van der Waals surface area contributed by atoms with Crippen LogP contribution in [0.25, 0.3) is 21.3 Å². The average Bonchev–Trinajstić information content (AvgIpc) is 3.64. The summed E-state index contributed by atoms with van der Waals surface area (Å²) in [5, 5.41) is 7.00. The first-order valence-electron chi connectivity index (χ1n) is 12.1. The fourth-order valence-corrected chi connectivity index (χ4v) is 5.49. The Labute approximate surface area is 243 Å². The van der Waals surface area contributed by atoms with Crippen LogP contribution < -0.4 is 15.8 Å². The SMILES string of the molecule is CCn1ncc(-c2cc(C(F)(F)F)nc3sc(C(N)=O)c(NC(=O)c4ccc(COc5ccc(Br)cc5)o4)c23)c1C. The number of furan rings is 1. The van der Waals surface area contributed by atoms with Gasteiger partial charge in [0.25, 0.3) is 11.8 Å². The third-order valence-corrected chi connectivity index (χ3v) is 7.81. The minimum atomic E-state index is -4.76. The number of ether oxygens (including phenoxy) is 1. The van der Waals surface area contributed by atoms with Crippen molar-refractivity contribution in [2.45, 2.75) is 33.2 Å². The topological polar surface area (TPSA) is 125 Å². The molecule has 212 valence electrons. The number of anilines is 1. The number of pyridine rings is 1. The van der Waals surface area contributed by atoms with Crippen LogP contribution in [0.3, 0.4) is 0 Å². The Hall–Kier alpha value is -4.17. The van der Waals surface area contributed by atoms with Gasteiger partial charge in [0.2, 0.25) is 0 Å². The maximum absolute atomic E-state index is 13.8. The summed E-state index contributed by atoms with van der Waals surface area (Å²) in [5.41, 5.74) is 5.45. The number of aryl methyl sites for hydroxylation is 1. The predicted molar refractivity (Wildman–Crippen MR) is 150 cm³/mol. The lowest BCUT2D eigenvalue weighted by Crippen LogP contribution is -2.16. The van der Waals surface area contributed by atoms with E-state index in [0.717, 1.165) is 10.5 Å². The van der Waals surface area contributed by atoms with Crippen LogP contribution in [0.5, 0.6) is 5.75 Å². The van der Waals surface area contributed by atoms with Gasteiger partial charge >= 0.3 is 6.18 Å². The second-order valence-electron chi connectivity index (χ2n) is 8.83. The van der Waals surface area contributed by atoms with Crippen LogP contribution >= 0.6 is 27.3 Å². The number of aromatic nitrogens is 3. The van der Waals surface area contributed by atoms with E-state index in [1.165, 1.54) is 12.3 Å². The third kappa shape index (κ3) is 5.70. The highest BCUT2D eigenvalue weighted by atomic mass is 79.9. The van der Waals surface area contributed by atoms with Crippen LogP contribution in [-0.2, 0) is 19.3 Å². The van der Waals surface area contributed by atoms with Gasteiger partial charge < -0.3 is 20.2 Å². The first-order chi connectivity index (χ1) is 19.5. The van der Waals surface area contributed by atoms with Crippen molar-refractivity contribution < 1.29 is 31.9 Å². The summed E-state index contributed by atoms with van der Waals surface area (Å²) in [6.45, 7) is 4.08. The van der Waals surface area contributed by atoms with Crippen LogP contribution in [0.4, 0.5) is 18.9 Å². The molecular weight excluding hydrogens is 627 g/mol. The third-order valence-electron chi connectivity index (χ3n) is 6.19. The van der Waals surface area contributed by atoms with Gasteiger partial charge in [-0.15, -0.1) is 11.3 Å². The van der Waals surface area contributed by atoms with Crippen LogP contribution in [0.2, 0.25) is 0 Å². The lowest BCUT2D eigenvalue weighted by molar-refractivity contribution is -0.140. The lowest BCUT2D eigenvalue weighted by atomic mass is 10.0. The summed E-state index contributed by atoms with van der Waals surface area (Å²) >= 11 is 4.00. The number of nitrogens with zero attached hydrogens (tertiary/aromatic N) is 3.